The van der Waals surface area contributed by atoms with E-state index in [1.807, 2.05) is 6.92 Å². The number of hydrogen-bond acceptors (Lipinski definition) is 1. The molecule has 1 aliphatic heterocycles. The lowest BCUT2D eigenvalue weighted by molar-refractivity contribution is 0.412. The standard InChI is InChI=1S/C9H13ClN2/c1-6-3-4-12-7(2)11-9(10)8(12)5-6/h6H,3-5H2,1-2H3. The Morgan fingerprint density at radius 1 is 1.58 bits per heavy atom. The average molecular weight is 185 g/mol. The zero-order valence-electron chi connectivity index (χ0n) is 7.47. The molecule has 2 nitrogen and oxygen atoms in total. The molecule has 0 N–H and O–H groups in total. The molecule has 0 spiro atoms. The van der Waals surface area contributed by atoms with Crippen molar-refractivity contribution in [1.82, 2.24) is 9.55 Å². The molecule has 12 heavy (non-hydrogen) atoms. The molecule has 0 radical (unpaired) electrons. The van der Waals surface area contributed by atoms with Gasteiger partial charge in [0, 0.05) is 6.54 Å². The minimum absolute atomic E-state index is 0.707. The van der Waals surface area contributed by atoms with Gasteiger partial charge in [-0.15, -0.1) is 0 Å². The van der Waals surface area contributed by atoms with E-state index in [0.717, 1.165) is 24.7 Å². The molecule has 66 valence electrons. The smallest absolute Gasteiger partial charge is 0.150 e. The molecular formula is C9H13ClN2. The number of aromatic nitrogens is 2. The Kier molecular flexibility index (Phi) is 1.87. The number of hydrogen-bond donors (Lipinski definition) is 0. The van der Waals surface area contributed by atoms with Crippen LogP contribution in [0.3, 0.4) is 0 Å². The summed E-state index contributed by atoms with van der Waals surface area (Å²) in [5, 5.41) is 0.707. The second-order valence-electron chi connectivity index (χ2n) is 3.65. The Balaban J connectivity index is 2.45. The number of aryl methyl sites for hydroxylation is 1. The van der Waals surface area contributed by atoms with Crippen LogP contribution in [0.5, 0.6) is 0 Å². The van der Waals surface area contributed by atoms with Crippen molar-refractivity contribution in [3.8, 4) is 0 Å². The van der Waals surface area contributed by atoms with Crippen LogP contribution in [0, 0.1) is 12.8 Å². The van der Waals surface area contributed by atoms with Gasteiger partial charge in [0.05, 0.1) is 5.69 Å². The van der Waals surface area contributed by atoms with Crippen LogP contribution < -0.4 is 0 Å². The summed E-state index contributed by atoms with van der Waals surface area (Å²) < 4.78 is 2.24. The largest absolute Gasteiger partial charge is 0.331 e. The van der Waals surface area contributed by atoms with Crippen LogP contribution in [-0.4, -0.2) is 9.55 Å². The van der Waals surface area contributed by atoms with Crippen molar-refractivity contribution in [1.29, 1.82) is 0 Å². The van der Waals surface area contributed by atoms with Gasteiger partial charge in [0.1, 0.15) is 5.82 Å². The van der Waals surface area contributed by atoms with Gasteiger partial charge >= 0.3 is 0 Å². The molecule has 0 amide bonds. The van der Waals surface area contributed by atoms with E-state index in [-0.39, 0.29) is 0 Å². The van der Waals surface area contributed by atoms with Gasteiger partial charge in [0.15, 0.2) is 5.15 Å². The van der Waals surface area contributed by atoms with Gasteiger partial charge in [-0.1, -0.05) is 18.5 Å². The van der Waals surface area contributed by atoms with Gasteiger partial charge < -0.3 is 4.57 Å². The zero-order valence-corrected chi connectivity index (χ0v) is 8.23. The van der Waals surface area contributed by atoms with Crippen molar-refractivity contribution in [2.75, 3.05) is 0 Å². The Morgan fingerprint density at radius 3 is 3.08 bits per heavy atom. The van der Waals surface area contributed by atoms with Crippen LogP contribution in [0.4, 0.5) is 0 Å². The fourth-order valence-corrected chi connectivity index (χ4v) is 2.15. The zero-order chi connectivity index (χ0) is 8.72. The van der Waals surface area contributed by atoms with E-state index in [0.29, 0.717) is 5.15 Å². The summed E-state index contributed by atoms with van der Waals surface area (Å²) >= 11 is 6.00. The van der Waals surface area contributed by atoms with Crippen molar-refractivity contribution in [2.45, 2.75) is 33.2 Å². The molecule has 1 aromatic rings. The summed E-state index contributed by atoms with van der Waals surface area (Å²) in [5.74, 6) is 1.81. The van der Waals surface area contributed by atoms with Gasteiger partial charge in [0.2, 0.25) is 0 Å². The number of fused-ring (bicyclic) bond motifs is 1. The lowest BCUT2D eigenvalue weighted by Gasteiger charge is -2.21. The van der Waals surface area contributed by atoms with Crippen LogP contribution >= 0.6 is 11.6 Å². The molecule has 0 fully saturated rings. The molecule has 0 aromatic carbocycles. The van der Waals surface area contributed by atoms with E-state index in [2.05, 4.69) is 16.5 Å². The molecule has 0 aliphatic carbocycles. The third kappa shape index (κ3) is 1.14. The van der Waals surface area contributed by atoms with Crippen molar-refractivity contribution >= 4 is 11.6 Å². The van der Waals surface area contributed by atoms with Crippen LogP contribution in [0.25, 0.3) is 0 Å². The van der Waals surface area contributed by atoms with Crippen LogP contribution in [0.1, 0.15) is 24.9 Å². The summed E-state index contributed by atoms with van der Waals surface area (Å²) in [6.07, 6.45) is 2.33. The van der Waals surface area contributed by atoms with E-state index in [4.69, 9.17) is 11.6 Å². The summed E-state index contributed by atoms with van der Waals surface area (Å²) in [7, 11) is 0. The predicted octanol–water partition coefficient (Wildman–Crippen LogP) is 2.43. The molecule has 1 unspecified atom stereocenters. The maximum Gasteiger partial charge on any atom is 0.150 e. The summed E-state index contributed by atoms with van der Waals surface area (Å²) in [6, 6.07) is 0. The third-order valence-electron chi connectivity index (χ3n) is 2.60. The van der Waals surface area contributed by atoms with Gasteiger partial charge in [-0.05, 0) is 25.7 Å². The first-order valence-corrected chi connectivity index (χ1v) is 4.78. The topological polar surface area (TPSA) is 17.8 Å². The molecule has 3 heteroatoms. The first-order valence-electron chi connectivity index (χ1n) is 4.40. The lowest BCUT2D eigenvalue weighted by atomic mass is 9.99. The number of nitrogens with zero attached hydrogens (tertiary/aromatic N) is 2. The number of halogens is 1. The maximum absolute atomic E-state index is 6.00. The highest BCUT2D eigenvalue weighted by Gasteiger charge is 2.20. The highest BCUT2D eigenvalue weighted by atomic mass is 35.5. The first kappa shape index (κ1) is 8.11. The van der Waals surface area contributed by atoms with Crippen molar-refractivity contribution < 1.29 is 0 Å². The molecule has 2 heterocycles. The van der Waals surface area contributed by atoms with Gasteiger partial charge in [-0.3, -0.25) is 0 Å². The highest BCUT2D eigenvalue weighted by Crippen LogP contribution is 2.26. The normalized spacial score (nSPS) is 22.4. The molecule has 2 rings (SSSR count). The van der Waals surface area contributed by atoms with E-state index >= 15 is 0 Å². The van der Waals surface area contributed by atoms with E-state index in [1.165, 1.54) is 12.1 Å². The Bertz CT molecular complexity index is 304. The molecule has 0 bridgehead atoms. The van der Waals surface area contributed by atoms with Crippen molar-refractivity contribution in [3.63, 3.8) is 0 Å². The van der Waals surface area contributed by atoms with Crippen LogP contribution in [0.2, 0.25) is 5.15 Å². The van der Waals surface area contributed by atoms with Crippen LogP contribution in [-0.2, 0) is 13.0 Å². The Morgan fingerprint density at radius 2 is 2.33 bits per heavy atom. The van der Waals surface area contributed by atoms with Crippen molar-refractivity contribution in [2.24, 2.45) is 5.92 Å². The Labute approximate surface area is 77.6 Å². The molecular weight excluding hydrogens is 172 g/mol. The first-order chi connectivity index (χ1) is 5.68. The summed E-state index contributed by atoms with van der Waals surface area (Å²) in [5.41, 5.74) is 1.23. The highest BCUT2D eigenvalue weighted by molar-refractivity contribution is 6.30. The fourth-order valence-electron chi connectivity index (χ4n) is 1.85. The van der Waals surface area contributed by atoms with E-state index in [1.54, 1.807) is 0 Å². The van der Waals surface area contributed by atoms with E-state index < -0.39 is 0 Å². The van der Waals surface area contributed by atoms with Gasteiger partial charge in [0.25, 0.3) is 0 Å². The molecule has 1 aromatic heterocycles. The Hall–Kier alpha value is -0.500. The molecule has 0 saturated carbocycles. The molecule has 1 aliphatic rings. The molecule has 1 atom stereocenters. The molecule has 0 saturated heterocycles. The summed E-state index contributed by atoms with van der Waals surface area (Å²) in [4.78, 5) is 4.26. The van der Waals surface area contributed by atoms with Crippen LogP contribution in [0.15, 0.2) is 0 Å². The minimum atomic E-state index is 0.707. The van der Waals surface area contributed by atoms with Gasteiger partial charge in [-0.2, -0.15) is 0 Å². The predicted molar refractivity (Wildman–Crippen MR) is 49.5 cm³/mol. The second-order valence-corrected chi connectivity index (χ2v) is 4.00. The lowest BCUT2D eigenvalue weighted by Crippen LogP contribution is -2.17. The minimum Gasteiger partial charge on any atom is -0.331 e. The van der Waals surface area contributed by atoms with E-state index in [9.17, 15) is 0 Å². The fraction of sp³-hybridized carbons (Fsp3) is 0.667. The number of rotatable bonds is 0. The summed E-state index contributed by atoms with van der Waals surface area (Å²) in [6.45, 7) is 5.37. The maximum atomic E-state index is 6.00. The monoisotopic (exact) mass is 184 g/mol. The quantitative estimate of drug-likeness (QED) is 0.606. The second kappa shape index (κ2) is 2.77. The number of imidazole rings is 1. The SMILES string of the molecule is Cc1nc(Cl)c2n1CCC(C)C2. The van der Waals surface area contributed by atoms with Crippen molar-refractivity contribution in [3.05, 3.63) is 16.7 Å². The average Bonchev–Trinajstić information content (AvgIpc) is 2.28. The third-order valence-corrected chi connectivity index (χ3v) is 2.90. The van der Waals surface area contributed by atoms with Gasteiger partial charge in [-0.25, -0.2) is 4.98 Å².